The highest BCUT2D eigenvalue weighted by atomic mass is 127. The van der Waals surface area contributed by atoms with Gasteiger partial charge in [0.15, 0.2) is 0 Å². The van der Waals surface area contributed by atoms with E-state index < -0.39 is 41.7 Å². The number of methoxy groups -OCH3 is 1. The average Bonchev–Trinajstić information content (AvgIpc) is 3.05. The van der Waals surface area contributed by atoms with Crippen molar-refractivity contribution in [2.45, 2.75) is 25.9 Å². The van der Waals surface area contributed by atoms with Crippen molar-refractivity contribution < 1.29 is 28.2 Å². The van der Waals surface area contributed by atoms with Crippen LogP contribution in [0.4, 0.5) is 14.9 Å². The van der Waals surface area contributed by atoms with Gasteiger partial charge in [0.2, 0.25) is 5.91 Å². The van der Waals surface area contributed by atoms with Gasteiger partial charge in [-0.05, 0) is 64.4 Å². The lowest BCUT2D eigenvalue weighted by molar-refractivity contribution is -0.135. The van der Waals surface area contributed by atoms with Crippen LogP contribution in [0.2, 0.25) is 0 Å². The Morgan fingerprint density at radius 3 is 2.48 bits per heavy atom. The van der Waals surface area contributed by atoms with E-state index in [0.717, 1.165) is 4.90 Å². The molecule has 0 aromatic heterocycles. The zero-order chi connectivity index (χ0) is 24.1. The van der Waals surface area contributed by atoms with Crippen molar-refractivity contribution >= 4 is 46.1 Å². The van der Waals surface area contributed by atoms with E-state index in [0.29, 0.717) is 28.1 Å². The zero-order valence-electron chi connectivity index (χ0n) is 18.4. The molecule has 4 amide bonds. The molecule has 33 heavy (non-hydrogen) atoms. The summed E-state index contributed by atoms with van der Waals surface area (Å²) in [7, 11) is 1.58. The fraction of sp³-hybridized carbons (Fsp3) is 0.348. The molecule has 0 spiro atoms. The van der Waals surface area contributed by atoms with Crippen LogP contribution in [-0.2, 0) is 14.3 Å². The third kappa shape index (κ3) is 5.80. The predicted molar refractivity (Wildman–Crippen MR) is 128 cm³/mol. The Bertz CT molecular complexity index is 1030. The molecule has 0 saturated carbocycles. The summed E-state index contributed by atoms with van der Waals surface area (Å²) in [5.74, 6) is -1.59. The lowest BCUT2D eigenvalue weighted by Gasteiger charge is -2.27. The summed E-state index contributed by atoms with van der Waals surface area (Å²) in [6.45, 7) is 4.26. The third-order valence-electron chi connectivity index (χ3n) is 5.11. The summed E-state index contributed by atoms with van der Waals surface area (Å²) in [6.07, 6.45) is 0. The molecule has 0 bridgehead atoms. The third-order valence-corrected chi connectivity index (χ3v) is 5.78. The number of hydrogen-bond acceptors (Lipinski definition) is 5. The Morgan fingerprint density at radius 2 is 1.88 bits per heavy atom. The van der Waals surface area contributed by atoms with Gasteiger partial charge in [-0.15, -0.1) is 0 Å². The van der Waals surface area contributed by atoms with Gasteiger partial charge < -0.3 is 20.1 Å². The second kappa shape index (κ2) is 10.9. The number of rotatable bonds is 9. The maximum Gasteiger partial charge on any atom is 0.325 e. The summed E-state index contributed by atoms with van der Waals surface area (Å²) < 4.78 is 25.4. The molecule has 176 valence electrons. The van der Waals surface area contributed by atoms with E-state index >= 15 is 0 Å². The SMILES string of the molecule is COCCOc1ccc([C@H]2NC(=O)N([C@H](C(=O)Nc3ccc(I)cc3F)C(C)C)C2=O)cc1. The fourth-order valence-corrected chi connectivity index (χ4v) is 3.95. The van der Waals surface area contributed by atoms with Gasteiger partial charge in [0.25, 0.3) is 5.91 Å². The van der Waals surface area contributed by atoms with Crippen LogP contribution in [0.25, 0.3) is 0 Å². The quantitative estimate of drug-likeness (QED) is 0.273. The standard InChI is InChI=1S/C23H25FIN3O5/c1-13(2)20(21(29)26-18-9-6-15(25)12-17(18)24)28-22(30)19(27-23(28)31)14-4-7-16(8-5-14)33-11-10-32-3/h4-9,12-13,19-20H,10-11H2,1-3H3,(H,26,29)(H,27,31)/t19-,20+/m1/s1. The van der Waals surface area contributed by atoms with Crippen LogP contribution in [0.1, 0.15) is 25.5 Å². The average molecular weight is 569 g/mol. The number of benzene rings is 2. The normalized spacial score (nSPS) is 16.7. The zero-order valence-corrected chi connectivity index (χ0v) is 20.6. The van der Waals surface area contributed by atoms with E-state index in [2.05, 4.69) is 10.6 Å². The maximum absolute atomic E-state index is 14.2. The first-order valence-corrected chi connectivity index (χ1v) is 11.4. The van der Waals surface area contributed by atoms with Crippen LogP contribution in [0, 0.1) is 15.3 Å². The number of carbonyl (C=O) groups is 3. The van der Waals surface area contributed by atoms with E-state index in [9.17, 15) is 18.8 Å². The van der Waals surface area contributed by atoms with Crippen molar-refractivity contribution in [3.05, 3.63) is 57.4 Å². The van der Waals surface area contributed by atoms with Gasteiger partial charge in [-0.1, -0.05) is 26.0 Å². The summed E-state index contributed by atoms with van der Waals surface area (Å²) >= 11 is 1.96. The molecular formula is C23H25FIN3O5. The van der Waals surface area contributed by atoms with E-state index in [-0.39, 0.29) is 5.69 Å². The monoisotopic (exact) mass is 569 g/mol. The lowest BCUT2D eigenvalue weighted by Crippen LogP contribution is -2.50. The topological polar surface area (TPSA) is 97.0 Å². The molecule has 8 nitrogen and oxygen atoms in total. The minimum atomic E-state index is -1.11. The van der Waals surface area contributed by atoms with Gasteiger partial charge in [-0.3, -0.25) is 9.59 Å². The van der Waals surface area contributed by atoms with Crippen LogP contribution in [-0.4, -0.2) is 49.1 Å². The van der Waals surface area contributed by atoms with Crippen LogP contribution in [0.15, 0.2) is 42.5 Å². The second-order valence-corrected chi connectivity index (χ2v) is 9.05. The predicted octanol–water partition coefficient (Wildman–Crippen LogP) is 3.71. The van der Waals surface area contributed by atoms with Gasteiger partial charge in [-0.25, -0.2) is 14.1 Å². The number of ether oxygens (including phenoxy) is 2. The molecule has 10 heteroatoms. The molecule has 1 saturated heterocycles. The molecule has 2 atom stereocenters. The highest BCUT2D eigenvalue weighted by Crippen LogP contribution is 2.28. The molecule has 2 N–H and O–H groups in total. The number of carbonyl (C=O) groups excluding carboxylic acids is 3. The van der Waals surface area contributed by atoms with Crippen LogP contribution in [0.5, 0.6) is 5.75 Å². The lowest BCUT2D eigenvalue weighted by atomic mass is 10.0. The van der Waals surface area contributed by atoms with E-state index in [1.807, 2.05) is 22.6 Å². The molecule has 1 aliphatic rings. The molecule has 1 aliphatic heterocycles. The van der Waals surface area contributed by atoms with Crippen molar-refractivity contribution in [1.29, 1.82) is 0 Å². The van der Waals surface area contributed by atoms with E-state index in [4.69, 9.17) is 9.47 Å². The molecule has 2 aromatic rings. The van der Waals surface area contributed by atoms with Gasteiger partial charge in [-0.2, -0.15) is 0 Å². The number of urea groups is 1. The Kier molecular flexibility index (Phi) is 8.25. The number of nitrogens with one attached hydrogen (secondary N) is 2. The first-order valence-electron chi connectivity index (χ1n) is 10.3. The van der Waals surface area contributed by atoms with Crippen LogP contribution >= 0.6 is 22.6 Å². The molecule has 0 aliphatic carbocycles. The Labute approximate surface area is 204 Å². The molecule has 3 rings (SSSR count). The molecule has 0 radical (unpaired) electrons. The first-order chi connectivity index (χ1) is 15.7. The fourth-order valence-electron chi connectivity index (χ4n) is 3.50. The van der Waals surface area contributed by atoms with Gasteiger partial charge in [0, 0.05) is 10.7 Å². The molecular weight excluding hydrogens is 544 g/mol. The van der Waals surface area contributed by atoms with Gasteiger partial charge >= 0.3 is 6.03 Å². The summed E-state index contributed by atoms with van der Waals surface area (Å²) in [4.78, 5) is 39.8. The Morgan fingerprint density at radius 1 is 1.18 bits per heavy atom. The highest BCUT2D eigenvalue weighted by Gasteiger charge is 2.46. The number of hydrogen-bond donors (Lipinski definition) is 2. The second-order valence-electron chi connectivity index (χ2n) is 7.80. The summed E-state index contributed by atoms with van der Waals surface area (Å²) in [5.41, 5.74) is 0.542. The van der Waals surface area contributed by atoms with Crippen molar-refractivity contribution in [2.75, 3.05) is 25.6 Å². The number of amides is 4. The largest absolute Gasteiger partial charge is 0.491 e. The Balaban J connectivity index is 1.77. The van der Waals surface area contributed by atoms with Crippen molar-refractivity contribution in [1.82, 2.24) is 10.2 Å². The van der Waals surface area contributed by atoms with Crippen LogP contribution < -0.4 is 15.4 Å². The maximum atomic E-state index is 14.2. The number of anilines is 1. The van der Waals surface area contributed by atoms with E-state index in [1.165, 1.54) is 12.1 Å². The molecule has 1 heterocycles. The van der Waals surface area contributed by atoms with E-state index in [1.54, 1.807) is 51.3 Å². The summed E-state index contributed by atoms with van der Waals surface area (Å²) in [5, 5.41) is 5.14. The van der Waals surface area contributed by atoms with Crippen LogP contribution in [0.3, 0.4) is 0 Å². The molecule has 1 fully saturated rings. The minimum Gasteiger partial charge on any atom is -0.491 e. The summed E-state index contributed by atoms with van der Waals surface area (Å²) in [6, 6.07) is 8.40. The highest BCUT2D eigenvalue weighted by molar-refractivity contribution is 14.1. The minimum absolute atomic E-state index is 0.0151. The van der Waals surface area contributed by atoms with Crippen molar-refractivity contribution in [3.8, 4) is 5.75 Å². The first kappa shape index (κ1) is 24.9. The number of nitrogens with zero attached hydrogens (tertiary/aromatic N) is 1. The number of halogens is 2. The molecule has 0 unspecified atom stereocenters. The van der Waals surface area contributed by atoms with Gasteiger partial charge in [0.1, 0.15) is 30.3 Å². The smallest absolute Gasteiger partial charge is 0.325 e. The molecule has 2 aromatic carbocycles. The number of imide groups is 1. The van der Waals surface area contributed by atoms with Gasteiger partial charge in [0.05, 0.1) is 12.3 Å². The Hall–Kier alpha value is -2.73. The van der Waals surface area contributed by atoms with Crippen molar-refractivity contribution in [2.24, 2.45) is 5.92 Å². The van der Waals surface area contributed by atoms with Crippen molar-refractivity contribution in [3.63, 3.8) is 0 Å².